The molecule has 1 amide bonds. The van der Waals surface area contributed by atoms with Gasteiger partial charge in [0.15, 0.2) is 0 Å². The van der Waals surface area contributed by atoms with Crippen LogP contribution in [0, 0.1) is 6.92 Å². The van der Waals surface area contributed by atoms with Crippen molar-refractivity contribution < 1.29 is 4.79 Å². The number of carbonyl (C=O) groups is 1. The third kappa shape index (κ3) is 3.17. The fourth-order valence-corrected chi connectivity index (χ4v) is 2.41. The zero-order chi connectivity index (χ0) is 15.4. The van der Waals surface area contributed by atoms with Crippen LogP contribution in [0.1, 0.15) is 27.9 Å². The van der Waals surface area contributed by atoms with Crippen LogP contribution in [-0.4, -0.2) is 24.8 Å². The molecule has 0 aliphatic carbocycles. The van der Waals surface area contributed by atoms with Crippen molar-refractivity contribution in [3.8, 4) is 0 Å². The van der Waals surface area contributed by atoms with Crippen LogP contribution in [0.3, 0.4) is 0 Å². The Morgan fingerprint density at radius 2 is 1.91 bits per heavy atom. The lowest BCUT2D eigenvalue weighted by Crippen LogP contribution is -2.31. The van der Waals surface area contributed by atoms with Gasteiger partial charge in [0.05, 0.1) is 5.69 Å². The monoisotopic (exact) mass is 293 g/mol. The fraction of sp³-hybridized carbons (Fsp3) is 0.222. The van der Waals surface area contributed by atoms with Crippen molar-refractivity contribution in [1.29, 1.82) is 0 Å². The smallest absolute Gasteiger partial charge is 0.255 e. The van der Waals surface area contributed by atoms with Gasteiger partial charge in [-0.25, -0.2) is 0 Å². The van der Waals surface area contributed by atoms with Crippen molar-refractivity contribution in [1.82, 2.24) is 5.32 Å². The lowest BCUT2D eigenvalue weighted by molar-refractivity contribution is 0.102. The number of nitrogens with one attached hydrogen (secondary N) is 2. The summed E-state index contributed by atoms with van der Waals surface area (Å²) in [6.07, 6.45) is 1.04. The summed E-state index contributed by atoms with van der Waals surface area (Å²) in [5.74, 6) is 0.745. The molecule has 3 rings (SSSR count). The molecule has 0 spiro atoms. The van der Waals surface area contributed by atoms with Gasteiger partial charge >= 0.3 is 0 Å². The lowest BCUT2D eigenvalue weighted by Gasteiger charge is -2.17. The molecule has 1 aliphatic rings. The molecule has 2 N–H and O–H groups in total. The van der Waals surface area contributed by atoms with Crippen LogP contribution in [0.25, 0.3) is 0 Å². The van der Waals surface area contributed by atoms with E-state index in [4.69, 9.17) is 0 Å². The molecule has 0 saturated carbocycles. The highest BCUT2D eigenvalue weighted by molar-refractivity contribution is 6.10. The number of para-hydroxylation sites is 1. The Hall–Kier alpha value is -2.62. The number of anilines is 1. The molecule has 0 unspecified atom stereocenters. The van der Waals surface area contributed by atoms with E-state index in [1.807, 2.05) is 55.5 Å². The topological polar surface area (TPSA) is 53.5 Å². The zero-order valence-corrected chi connectivity index (χ0v) is 12.6. The zero-order valence-electron chi connectivity index (χ0n) is 12.6. The van der Waals surface area contributed by atoms with E-state index in [9.17, 15) is 4.79 Å². The predicted molar refractivity (Wildman–Crippen MR) is 89.6 cm³/mol. The average Bonchev–Trinajstić information content (AvgIpc) is 2.57. The quantitative estimate of drug-likeness (QED) is 0.914. The molecule has 1 heterocycles. The minimum atomic E-state index is -0.108. The maximum atomic E-state index is 12.4. The first-order valence-electron chi connectivity index (χ1n) is 7.50. The second kappa shape index (κ2) is 6.43. The van der Waals surface area contributed by atoms with Crippen molar-refractivity contribution in [2.75, 3.05) is 18.4 Å². The van der Waals surface area contributed by atoms with Gasteiger partial charge in [-0.3, -0.25) is 9.79 Å². The highest BCUT2D eigenvalue weighted by Crippen LogP contribution is 2.18. The van der Waals surface area contributed by atoms with E-state index in [-0.39, 0.29) is 5.91 Å². The van der Waals surface area contributed by atoms with Crippen LogP contribution >= 0.6 is 0 Å². The number of benzene rings is 2. The van der Waals surface area contributed by atoms with E-state index in [2.05, 4.69) is 15.6 Å². The summed E-state index contributed by atoms with van der Waals surface area (Å²) >= 11 is 0. The first-order chi connectivity index (χ1) is 10.7. The Morgan fingerprint density at radius 3 is 2.64 bits per heavy atom. The molecule has 1 aliphatic heterocycles. The number of hydrogen-bond donors (Lipinski definition) is 2. The third-order valence-electron chi connectivity index (χ3n) is 3.64. The summed E-state index contributed by atoms with van der Waals surface area (Å²) in [6.45, 7) is 3.74. The third-order valence-corrected chi connectivity index (χ3v) is 3.64. The van der Waals surface area contributed by atoms with Gasteiger partial charge in [-0.1, -0.05) is 29.8 Å². The summed E-state index contributed by atoms with van der Waals surface area (Å²) < 4.78 is 0. The van der Waals surface area contributed by atoms with Gasteiger partial charge in [-0.05, 0) is 37.6 Å². The van der Waals surface area contributed by atoms with Crippen LogP contribution in [0.15, 0.2) is 53.5 Å². The van der Waals surface area contributed by atoms with E-state index < -0.39 is 0 Å². The highest BCUT2D eigenvalue weighted by Gasteiger charge is 2.13. The lowest BCUT2D eigenvalue weighted by atomic mass is 10.1. The van der Waals surface area contributed by atoms with Gasteiger partial charge in [0.2, 0.25) is 0 Å². The molecule has 0 saturated heterocycles. The Kier molecular flexibility index (Phi) is 4.19. The van der Waals surface area contributed by atoms with Crippen molar-refractivity contribution in [2.45, 2.75) is 13.3 Å². The molecule has 0 atom stereocenters. The minimum Gasteiger partial charge on any atom is -0.370 e. The van der Waals surface area contributed by atoms with Crippen LogP contribution < -0.4 is 10.6 Å². The maximum absolute atomic E-state index is 12.4. The van der Waals surface area contributed by atoms with E-state index in [0.717, 1.165) is 42.2 Å². The van der Waals surface area contributed by atoms with Gasteiger partial charge in [0, 0.05) is 24.2 Å². The summed E-state index contributed by atoms with van der Waals surface area (Å²) in [5, 5.41) is 6.28. The molecule has 0 radical (unpaired) electrons. The van der Waals surface area contributed by atoms with E-state index in [1.165, 1.54) is 0 Å². The van der Waals surface area contributed by atoms with Crippen molar-refractivity contribution in [3.05, 3.63) is 65.2 Å². The van der Waals surface area contributed by atoms with Crippen LogP contribution in [-0.2, 0) is 0 Å². The van der Waals surface area contributed by atoms with Crippen LogP contribution in [0.2, 0.25) is 0 Å². The van der Waals surface area contributed by atoms with Gasteiger partial charge < -0.3 is 10.6 Å². The van der Waals surface area contributed by atoms with Crippen LogP contribution in [0.4, 0.5) is 5.69 Å². The molecular formula is C18H19N3O. The molecule has 2 aromatic rings. The standard InChI is InChI=1S/C18H19N3O/c1-13-7-9-14(10-8-13)18(22)21-16-6-3-2-5-15(16)17-19-11-4-12-20-17/h2-3,5-10H,4,11-12H2,1H3,(H,19,20)(H,21,22). The number of amides is 1. The molecule has 0 fully saturated rings. The fourth-order valence-electron chi connectivity index (χ4n) is 2.41. The number of aliphatic imine (C=N–C) groups is 1. The van der Waals surface area contributed by atoms with Crippen molar-refractivity contribution in [3.63, 3.8) is 0 Å². The van der Waals surface area contributed by atoms with Crippen LogP contribution in [0.5, 0.6) is 0 Å². The largest absolute Gasteiger partial charge is 0.370 e. The highest BCUT2D eigenvalue weighted by atomic mass is 16.1. The second-order valence-corrected chi connectivity index (χ2v) is 5.38. The Labute approximate surface area is 130 Å². The maximum Gasteiger partial charge on any atom is 0.255 e. The Morgan fingerprint density at radius 1 is 1.14 bits per heavy atom. The normalized spacial score (nSPS) is 14.0. The number of hydrogen-bond acceptors (Lipinski definition) is 3. The number of carbonyl (C=O) groups excluding carboxylic acids is 1. The predicted octanol–water partition coefficient (Wildman–Crippen LogP) is 2.99. The molecular weight excluding hydrogens is 274 g/mol. The molecule has 0 aromatic heterocycles. The summed E-state index contributed by atoms with van der Waals surface area (Å²) in [7, 11) is 0. The van der Waals surface area contributed by atoms with Gasteiger partial charge in [-0.15, -0.1) is 0 Å². The Balaban J connectivity index is 1.84. The molecule has 22 heavy (non-hydrogen) atoms. The molecule has 0 bridgehead atoms. The van der Waals surface area contributed by atoms with E-state index in [1.54, 1.807) is 0 Å². The molecule has 112 valence electrons. The van der Waals surface area contributed by atoms with Gasteiger partial charge in [0.25, 0.3) is 5.91 Å². The second-order valence-electron chi connectivity index (χ2n) is 5.38. The molecule has 2 aromatic carbocycles. The van der Waals surface area contributed by atoms with Crippen molar-refractivity contribution >= 4 is 17.4 Å². The number of nitrogens with zero attached hydrogens (tertiary/aromatic N) is 1. The van der Waals surface area contributed by atoms with Gasteiger partial charge in [0.1, 0.15) is 5.84 Å². The minimum absolute atomic E-state index is 0.108. The average molecular weight is 293 g/mol. The van der Waals surface area contributed by atoms with Crippen molar-refractivity contribution in [2.24, 2.45) is 4.99 Å². The molecule has 4 heteroatoms. The first kappa shape index (κ1) is 14.3. The summed E-state index contributed by atoms with van der Waals surface area (Å²) in [4.78, 5) is 16.9. The number of aryl methyl sites for hydroxylation is 1. The first-order valence-corrected chi connectivity index (χ1v) is 7.50. The summed E-state index contributed by atoms with van der Waals surface area (Å²) in [6, 6.07) is 15.3. The molecule has 4 nitrogen and oxygen atoms in total. The van der Waals surface area contributed by atoms with E-state index in [0.29, 0.717) is 5.56 Å². The van der Waals surface area contributed by atoms with Gasteiger partial charge in [-0.2, -0.15) is 0 Å². The number of amidine groups is 1. The number of rotatable bonds is 3. The van der Waals surface area contributed by atoms with E-state index >= 15 is 0 Å². The Bertz CT molecular complexity index is 705. The summed E-state index contributed by atoms with van der Waals surface area (Å²) in [5.41, 5.74) is 3.50. The SMILES string of the molecule is Cc1ccc(C(=O)Nc2ccccc2C2=NCCCN2)cc1.